The van der Waals surface area contributed by atoms with E-state index in [-0.39, 0.29) is 40.6 Å². The summed E-state index contributed by atoms with van der Waals surface area (Å²) in [6, 6.07) is 0. The van der Waals surface area contributed by atoms with Gasteiger partial charge in [0, 0.05) is 6.42 Å². The lowest BCUT2D eigenvalue weighted by atomic mass is 9.35. The van der Waals surface area contributed by atoms with Crippen LogP contribution in [0.1, 0.15) is 120 Å². The second-order valence-corrected chi connectivity index (χ2v) is 20.9. The van der Waals surface area contributed by atoms with Crippen molar-refractivity contribution in [2.45, 2.75) is 192 Å². The van der Waals surface area contributed by atoms with Crippen LogP contribution in [-0.4, -0.2) is 126 Å². The van der Waals surface area contributed by atoms with Crippen LogP contribution in [0.3, 0.4) is 0 Å². The Balaban J connectivity index is 1.15. The summed E-state index contributed by atoms with van der Waals surface area (Å²) >= 11 is 0. The smallest absolute Gasteiger partial charge is 0.204 e. The first kappa shape index (κ1) is 43.1. The van der Waals surface area contributed by atoms with Crippen LogP contribution in [-0.2, 0) is 18.9 Å². The third kappa shape index (κ3) is 6.04. The molecule has 5 aliphatic carbocycles. The molecule has 7 rings (SSSR count). The van der Waals surface area contributed by atoms with Gasteiger partial charge in [0.1, 0.15) is 42.7 Å². The number of hydrogen-bond acceptors (Lipinski definition) is 12. The molecule has 2 saturated heterocycles. The molecule has 56 heavy (non-hydrogen) atoms. The minimum atomic E-state index is -2.04. The van der Waals surface area contributed by atoms with Crippen LogP contribution in [0.25, 0.3) is 0 Å². The van der Waals surface area contributed by atoms with Gasteiger partial charge >= 0.3 is 0 Å². The number of rotatable bonds is 9. The molecule has 0 radical (unpaired) electrons. The molecule has 0 amide bonds. The number of fused-ring (bicyclic) bond motifs is 6. The monoisotopic (exact) mass is 793 g/mol. The van der Waals surface area contributed by atoms with E-state index >= 15 is 0 Å². The Morgan fingerprint density at radius 2 is 1.36 bits per heavy atom. The molecule has 0 aromatic heterocycles. The van der Waals surface area contributed by atoms with Gasteiger partial charge in [-0.2, -0.15) is 0 Å². The molecule has 5 saturated carbocycles. The van der Waals surface area contributed by atoms with Crippen LogP contribution in [0.5, 0.6) is 0 Å². The van der Waals surface area contributed by atoms with Crippen molar-refractivity contribution in [3.63, 3.8) is 0 Å². The zero-order valence-corrected chi connectivity index (χ0v) is 35.1. The lowest BCUT2D eigenvalue weighted by Gasteiger charge is -2.70. The van der Waals surface area contributed by atoms with Crippen molar-refractivity contribution in [3.8, 4) is 0 Å². The maximum Gasteiger partial charge on any atom is 0.204 e. The van der Waals surface area contributed by atoms with Crippen molar-refractivity contribution in [3.05, 3.63) is 23.3 Å². The fraction of sp³-hybridized carbons (Fsp3) is 0.909. The summed E-state index contributed by atoms with van der Waals surface area (Å²) in [5.74, 6) is -2.57. The lowest BCUT2D eigenvalue weighted by molar-refractivity contribution is -0.411. The Bertz CT molecular complexity index is 1540. The van der Waals surface area contributed by atoms with E-state index in [1.54, 1.807) is 0 Å². The van der Waals surface area contributed by atoms with Crippen LogP contribution >= 0.6 is 0 Å². The van der Waals surface area contributed by atoms with E-state index in [0.29, 0.717) is 18.3 Å². The molecule has 2 unspecified atom stereocenters. The summed E-state index contributed by atoms with van der Waals surface area (Å²) < 4.78 is 25.7. The Kier molecular flexibility index (Phi) is 11.0. The number of ether oxygens (including phenoxy) is 4. The van der Waals surface area contributed by atoms with Gasteiger partial charge in [0.05, 0.1) is 25.4 Å². The van der Waals surface area contributed by atoms with Gasteiger partial charge in [-0.15, -0.1) is 0 Å². The van der Waals surface area contributed by atoms with Gasteiger partial charge in [0.2, 0.25) is 5.79 Å². The average Bonchev–Trinajstić information content (AvgIpc) is 3.59. The Hall–Kier alpha value is -1.00. The normalized spacial score (nSPS) is 55.0. The third-order valence-corrected chi connectivity index (χ3v) is 17.5. The van der Waals surface area contributed by atoms with Gasteiger partial charge in [-0.1, -0.05) is 57.9 Å². The van der Waals surface area contributed by atoms with Gasteiger partial charge in [-0.3, -0.25) is 0 Å². The zero-order valence-electron chi connectivity index (χ0n) is 35.1. The average molecular weight is 793 g/mol. The number of aliphatic hydroxyl groups is 8. The maximum absolute atomic E-state index is 12.2. The molecule has 12 heteroatoms. The Morgan fingerprint density at radius 1 is 0.714 bits per heavy atom. The second-order valence-electron chi connectivity index (χ2n) is 20.9. The predicted octanol–water partition coefficient (Wildman–Crippen LogP) is 3.49. The zero-order chi connectivity index (χ0) is 41.2. The molecule has 320 valence electrons. The fourth-order valence-electron chi connectivity index (χ4n) is 14.1. The summed E-state index contributed by atoms with van der Waals surface area (Å²) in [6.45, 7) is 18.5. The van der Waals surface area contributed by atoms with Crippen molar-refractivity contribution >= 4 is 0 Å². The van der Waals surface area contributed by atoms with Gasteiger partial charge in [0.15, 0.2) is 11.4 Å². The molecule has 7 fully saturated rings. The van der Waals surface area contributed by atoms with Crippen molar-refractivity contribution in [1.82, 2.24) is 0 Å². The SMILES string of the molecule is CC(C)=CC/C=C(\C)[C@H]1CC[C@]2(C)[C@@H]1[C@H](O)C[C@@H]1[C@@]3(C)CCC(O[C@@]45CC4(O[C@]4(C)O[C@H](CO)[C@@H](O)[C@H](O)[C@H]4O)[C@@H](O)[C@H](O)[C@@H](CO)O5)C(C)(C)[C@@H]3CC[C@]12C. The van der Waals surface area contributed by atoms with Gasteiger partial charge in [0.25, 0.3) is 0 Å². The molecular formula is C44H72O12. The van der Waals surface area contributed by atoms with Crippen molar-refractivity contribution in [2.24, 2.45) is 45.3 Å². The minimum Gasteiger partial charge on any atom is -0.394 e. The summed E-state index contributed by atoms with van der Waals surface area (Å²) in [7, 11) is 0. The molecule has 0 aromatic rings. The first-order chi connectivity index (χ1) is 26.0. The number of allylic oxidation sites excluding steroid dienone is 4. The van der Waals surface area contributed by atoms with E-state index in [0.717, 1.165) is 44.9 Å². The molecule has 7 aliphatic rings. The van der Waals surface area contributed by atoms with Gasteiger partial charge < -0.3 is 59.8 Å². The summed E-state index contributed by atoms with van der Waals surface area (Å²) in [4.78, 5) is 0. The second kappa shape index (κ2) is 14.3. The van der Waals surface area contributed by atoms with E-state index in [1.807, 2.05) is 0 Å². The topological polar surface area (TPSA) is 199 Å². The van der Waals surface area contributed by atoms with Crippen LogP contribution < -0.4 is 0 Å². The molecule has 2 aliphatic heterocycles. The van der Waals surface area contributed by atoms with Crippen LogP contribution in [0.4, 0.5) is 0 Å². The lowest BCUT2D eigenvalue weighted by Crippen LogP contribution is -2.69. The van der Waals surface area contributed by atoms with Crippen molar-refractivity contribution in [2.75, 3.05) is 13.2 Å². The molecule has 0 spiro atoms. The molecular weight excluding hydrogens is 720 g/mol. The molecule has 0 aromatic carbocycles. The van der Waals surface area contributed by atoms with E-state index < -0.39 is 84.6 Å². The molecule has 0 bridgehead atoms. The summed E-state index contributed by atoms with van der Waals surface area (Å²) in [5.41, 5.74) is 0.486. The molecule has 12 nitrogen and oxygen atoms in total. The summed E-state index contributed by atoms with van der Waals surface area (Å²) in [5, 5.41) is 87.4. The highest BCUT2D eigenvalue weighted by Gasteiger charge is 2.83. The van der Waals surface area contributed by atoms with Crippen molar-refractivity contribution in [1.29, 1.82) is 0 Å². The Labute approximate surface area is 333 Å². The van der Waals surface area contributed by atoms with Crippen LogP contribution in [0.2, 0.25) is 0 Å². The highest BCUT2D eigenvalue weighted by atomic mass is 16.8. The number of aliphatic hydroxyl groups excluding tert-OH is 8. The molecule has 8 N–H and O–H groups in total. The molecule has 2 heterocycles. The highest BCUT2D eigenvalue weighted by molar-refractivity contribution is 5.27. The maximum atomic E-state index is 12.2. The number of hydrogen-bond donors (Lipinski definition) is 8. The fourth-order valence-corrected chi connectivity index (χ4v) is 14.1. The van der Waals surface area contributed by atoms with Gasteiger partial charge in [-0.05, 0) is 124 Å². The standard InChI is InChI=1S/C44H72O12/c1-23(2)11-10-12-24(3)25-13-17-41(8)32(25)26(47)19-30-39(6)16-15-31(38(4,5)29(39)14-18-40(30,41)7)55-44-22-43(44,37(52)34(49)28(21-46)54-44)56-42(9)36(51)35(50)33(48)27(20-45)53-42/h11-12,25-37,45-52H,10,13-22H2,1-9H3/b24-12+/t25-,26-,27-,28-,29+,30-,31?,32+,33-,34-,35+,36-,37+,39+,40-,41-,42+,43?,44+/m1/s1. The highest BCUT2D eigenvalue weighted by Crippen LogP contribution is 2.76. The van der Waals surface area contributed by atoms with Gasteiger partial charge in [-0.25, -0.2) is 0 Å². The quantitative estimate of drug-likeness (QED) is 0.125. The first-order valence-corrected chi connectivity index (χ1v) is 21.4. The van der Waals surface area contributed by atoms with E-state index in [2.05, 4.69) is 67.5 Å². The largest absolute Gasteiger partial charge is 0.394 e. The predicted molar refractivity (Wildman–Crippen MR) is 207 cm³/mol. The van der Waals surface area contributed by atoms with E-state index in [4.69, 9.17) is 18.9 Å². The molecule has 19 atom stereocenters. The summed E-state index contributed by atoms with van der Waals surface area (Å²) in [6.07, 6.45) is 0.430. The van der Waals surface area contributed by atoms with Crippen molar-refractivity contribution < 1.29 is 59.8 Å². The van der Waals surface area contributed by atoms with E-state index in [1.165, 1.54) is 18.1 Å². The van der Waals surface area contributed by atoms with Crippen LogP contribution in [0.15, 0.2) is 23.3 Å². The third-order valence-electron chi connectivity index (χ3n) is 17.5. The first-order valence-electron chi connectivity index (χ1n) is 21.4. The minimum absolute atomic E-state index is 0.00621. The van der Waals surface area contributed by atoms with E-state index in [9.17, 15) is 40.9 Å². The Morgan fingerprint density at radius 3 is 2.00 bits per heavy atom. The van der Waals surface area contributed by atoms with Crippen LogP contribution in [0, 0.1) is 45.3 Å².